The maximum absolute atomic E-state index is 4.96. The Labute approximate surface area is 196 Å². The quantitative estimate of drug-likeness (QED) is 0.311. The molecule has 0 spiro atoms. The van der Waals surface area contributed by atoms with E-state index in [1.54, 1.807) is 0 Å². The summed E-state index contributed by atoms with van der Waals surface area (Å²) in [5, 5.41) is 0. The van der Waals surface area contributed by atoms with Crippen LogP contribution < -0.4 is 4.90 Å². The molecule has 2 aliphatic rings. The van der Waals surface area contributed by atoms with Gasteiger partial charge in [-0.15, -0.1) is 0 Å². The van der Waals surface area contributed by atoms with Crippen molar-refractivity contribution >= 4 is 17.6 Å². The van der Waals surface area contributed by atoms with Crippen molar-refractivity contribution in [2.75, 3.05) is 18.0 Å². The predicted octanol–water partition coefficient (Wildman–Crippen LogP) is 7.31. The standard InChI is InChI=1S/C31H28N2/c1-4-10-23(11-5-1)22-32-26-20-29-27(24-12-6-2-7-13-24)16-18-33-19-17-28(30(21-26)31(29)33)25-14-8-3-9-15-25/h1-15,20-22,27-28H,16-19H2. The number of rotatable bonds is 4. The van der Waals surface area contributed by atoms with Crippen LogP contribution in [0.2, 0.25) is 0 Å². The van der Waals surface area contributed by atoms with Crippen LogP contribution in [-0.4, -0.2) is 19.3 Å². The highest BCUT2D eigenvalue weighted by molar-refractivity contribution is 5.83. The molecule has 0 fully saturated rings. The van der Waals surface area contributed by atoms with E-state index >= 15 is 0 Å². The average Bonchev–Trinajstić information content (AvgIpc) is 2.89. The summed E-state index contributed by atoms with van der Waals surface area (Å²) in [5.41, 5.74) is 9.32. The van der Waals surface area contributed by atoms with Gasteiger partial charge in [-0.05, 0) is 52.8 Å². The van der Waals surface area contributed by atoms with Gasteiger partial charge in [-0.25, -0.2) is 0 Å². The second kappa shape index (κ2) is 8.71. The summed E-state index contributed by atoms with van der Waals surface area (Å²) < 4.78 is 0. The molecule has 33 heavy (non-hydrogen) atoms. The summed E-state index contributed by atoms with van der Waals surface area (Å²) in [7, 11) is 0. The summed E-state index contributed by atoms with van der Waals surface area (Å²) in [6.45, 7) is 2.24. The van der Waals surface area contributed by atoms with Crippen LogP contribution in [-0.2, 0) is 0 Å². The van der Waals surface area contributed by atoms with Gasteiger partial charge >= 0.3 is 0 Å². The number of aliphatic imine (C=N–C) groups is 1. The van der Waals surface area contributed by atoms with Crippen molar-refractivity contribution in [3.05, 3.63) is 131 Å². The minimum Gasteiger partial charge on any atom is -0.371 e. The van der Waals surface area contributed by atoms with Crippen molar-refractivity contribution in [1.82, 2.24) is 0 Å². The summed E-state index contributed by atoms with van der Waals surface area (Å²) >= 11 is 0. The molecule has 0 N–H and O–H groups in total. The monoisotopic (exact) mass is 428 g/mol. The van der Waals surface area contributed by atoms with Crippen LogP contribution in [0.3, 0.4) is 0 Å². The van der Waals surface area contributed by atoms with E-state index in [-0.39, 0.29) is 0 Å². The molecular weight excluding hydrogens is 400 g/mol. The lowest BCUT2D eigenvalue weighted by Gasteiger charge is -2.43. The molecule has 0 aliphatic carbocycles. The van der Waals surface area contributed by atoms with Crippen LogP contribution in [0, 0.1) is 0 Å². The molecule has 0 saturated carbocycles. The van der Waals surface area contributed by atoms with Crippen molar-refractivity contribution in [1.29, 1.82) is 0 Å². The highest BCUT2D eigenvalue weighted by Crippen LogP contribution is 2.49. The number of nitrogens with zero attached hydrogens (tertiary/aromatic N) is 2. The first-order valence-electron chi connectivity index (χ1n) is 12.0. The zero-order valence-electron chi connectivity index (χ0n) is 18.8. The fourth-order valence-electron chi connectivity index (χ4n) is 5.60. The van der Waals surface area contributed by atoms with E-state index in [0.717, 1.165) is 37.2 Å². The minimum atomic E-state index is 0.414. The fourth-order valence-corrected chi connectivity index (χ4v) is 5.60. The third kappa shape index (κ3) is 3.87. The van der Waals surface area contributed by atoms with Crippen molar-refractivity contribution < 1.29 is 0 Å². The number of hydrogen-bond acceptors (Lipinski definition) is 2. The molecule has 0 amide bonds. The topological polar surface area (TPSA) is 15.6 Å². The van der Waals surface area contributed by atoms with Gasteiger partial charge < -0.3 is 4.90 Å². The Morgan fingerprint density at radius 1 is 0.636 bits per heavy atom. The van der Waals surface area contributed by atoms with Gasteiger partial charge in [0, 0.05) is 36.8 Å². The lowest BCUT2D eigenvalue weighted by atomic mass is 9.76. The van der Waals surface area contributed by atoms with Crippen molar-refractivity contribution in [2.45, 2.75) is 24.7 Å². The van der Waals surface area contributed by atoms with E-state index in [0.29, 0.717) is 11.8 Å². The Kier molecular flexibility index (Phi) is 5.28. The summed E-state index contributed by atoms with van der Waals surface area (Å²) in [5.74, 6) is 0.829. The van der Waals surface area contributed by atoms with Gasteiger partial charge in [-0.2, -0.15) is 0 Å². The second-order valence-corrected chi connectivity index (χ2v) is 9.13. The van der Waals surface area contributed by atoms with Crippen LogP contribution in [0.15, 0.2) is 108 Å². The number of hydrogen-bond donors (Lipinski definition) is 0. The Morgan fingerprint density at radius 3 is 1.64 bits per heavy atom. The number of benzene rings is 4. The lowest BCUT2D eigenvalue weighted by molar-refractivity contribution is 0.571. The number of anilines is 1. The predicted molar refractivity (Wildman–Crippen MR) is 138 cm³/mol. The molecule has 2 heteroatoms. The second-order valence-electron chi connectivity index (χ2n) is 9.13. The van der Waals surface area contributed by atoms with Gasteiger partial charge in [-0.1, -0.05) is 91.0 Å². The largest absolute Gasteiger partial charge is 0.371 e. The van der Waals surface area contributed by atoms with Crippen LogP contribution >= 0.6 is 0 Å². The smallest absolute Gasteiger partial charge is 0.0637 e. The van der Waals surface area contributed by atoms with Crippen molar-refractivity contribution in [3.8, 4) is 0 Å². The first-order chi connectivity index (χ1) is 16.4. The molecule has 2 nitrogen and oxygen atoms in total. The van der Waals surface area contributed by atoms with Gasteiger partial charge in [0.2, 0.25) is 0 Å². The molecule has 2 aliphatic heterocycles. The molecule has 4 aromatic carbocycles. The maximum Gasteiger partial charge on any atom is 0.0637 e. The minimum absolute atomic E-state index is 0.414. The fraction of sp³-hybridized carbons (Fsp3) is 0.194. The molecule has 2 atom stereocenters. The SMILES string of the molecule is C(=Nc1cc2c3c(c1)C(c1ccccc1)CCN3CCC2c1ccccc1)c1ccccc1. The summed E-state index contributed by atoms with van der Waals surface area (Å²) in [6.07, 6.45) is 4.30. The maximum atomic E-state index is 4.96. The third-order valence-corrected chi connectivity index (χ3v) is 7.16. The zero-order valence-corrected chi connectivity index (χ0v) is 18.8. The molecule has 0 aromatic heterocycles. The molecule has 0 radical (unpaired) electrons. The van der Waals surface area contributed by atoms with E-state index in [4.69, 9.17) is 4.99 Å². The van der Waals surface area contributed by atoms with Gasteiger partial charge in [-0.3, -0.25) is 4.99 Å². The Morgan fingerprint density at radius 2 is 1.12 bits per heavy atom. The highest BCUT2D eigenvalue weighted by atomic mass is 15.1. The Hall–Kier alpha value is -3.65. The molecule has 0 bridgehead atoms. The molecule has 0 saturated heterocycles. The van der Waals surface area contributed by atoms with Crippen LogP contribution in [0.5, 0.6) is 0 Å². The molecule has 4 aromatic rings. The van der Waals surface area contributed by atoms with E-state index in [1.807, 2.05) is 12.3 Å². The van der Waals surface area contributed by atoms with Gasteiger partial charge in [0.05, 0.1) is 5.69 Å². The molecular formula is C31H28N2. The molecule has 2 unspecified atom stereocenters. The molecule has 162 valence electrons. The van der Waals surface area contributed by atoms with Crippen LogP contribution in [0.1, 0.15) is 52.5 Å². The molecule has 6 rings (SSSR count). The van der Waals surface area contributed by atoms with Gasteiger partial charge in [0.25, 0.3) is 0 Å². The van der Waals surface area contributed by atoms with Gasteiger partial charge in [0.1, 0.15) is 0 Å². The van der Waals surface area contributed by atoms with Crippen LogP contribution in [0.4, 0.5) is 11.4 Å². The van der Waals surface area contributed by atoms with E-state index in [9.17, 15) is 0 Å². The van der Waals surface area contributed by atoms with Crippen LogP contribution in [0.25, 0.3) is 0 Å². The average molecular weight is 429 g/mol. The molecule has 2 heterocycles. The first kappa shape index (κ1) is 20.0. The van der Waals surface area contributed by atoms with E-state index in [1.165, 1.54) is 27.9 Å². The van der Waals surface area contributed by atoms with Crippen molar-refractivity contribution in [2.24, 2.45) is 4.99 Å². The Balaban J connectivity index is 1.51. The van der Waals surface area contributed by atoms with E-state index in [2.05, 4.69) is 102 Å². The Bertz CT molecular complexity index is 1190. The van der Waals surface area contributed by atoms with Gasteiger partial charge in [0.15, 0.2) is 0 Å². The summed E-state index contributed by atoms with van der Waals surface area (Å²) in [4.78, 5) is 7.57. The van der Waals surface area contributed by atoms with Crippen molar-refractivity contribution in [3.63, 3.8) is 0 Å². The summed E-state index contributed by atoms with van der Waals surface area (Å²) in [6, 6.07) is 37.1. The normalized spacial score (nSPS) is 19.5. The zero-order chi connectivity index (χ0) is 22.0. The third-order valence-electron chi connectivity index (χ3n) is 7.16. The lowest BCUT2D eigenvalue weighted by Crippen LogP contribution is -2.37. The van der Waals surface area contributed by atoms with E-state index < -0.39 is 0 Å². The highest BCUT2D eigenvalue weighted by Gasteiger charge is 2.34. The first-order valence-corrected chi connectivity index (χ1v) is 12.0.